The van der Waals surface area contributed by atoms with E-state index in [0.717, 1.165) is 39.0 Å². The topological polar surface area (TPSA) is 36.0 Å². The highest BCUT2D eigenvalue weighted by Crippen LogP contribution is 2.18. The number of carbonyl (C=O) groups is 1. The highest BCUT2D eigenvalue weighted by atomic mass is 16.5. The van der Waals surface area contributed by atoms with Crippen LogP contribution in [0.3, 0.4) is 0 Å². The standard InChI is InChI=1S/C19H29N3O2/c1-20(2)17-8-10-22(11-9-17)19(23)18-15-21(12-13-24-18)14-16-6-4-3-5-7-16/h3-7,17-18H,8-15H2,1-2H3. The second-order valence-corrected chi connectivity index (χ2v) is 7.10. The maximum absolute atomic E-state index is 12.8. The number of piperidine rings is 1. The fourth-order valence-corrected chi connectivity index (χ4v) is 3.64. The van der Waals surface area contributed by atoms with Crippen molar-refractivity contribution < 1.29 is 9.53 Å². The Kier molecular flexibility index (Phi) is 5.87. The van der Waals surface area contributed by atoms with Crippen molar-refractivity contribution in [3.8, 4) is 0 Å². The molecule has 5 heteroatoms. The van der Waals surface area contributed by atoms with E-state index in [1.54, 1.807) is 0 Å². The zero-order chi connectivity index (χ0) is 16.9. The number of likely N-dealkylation sites (tertiary alicyclic amines) is 1. The van der Waals surface area contributed by atoms with Gasteiger partial charge in [-0.3, -0.25) is 9.69 Å². The van der Waals surface area contributed by atoms with E-state index in [-0.39, 0.29) is 12.0 Å². The Bertz CT molecular complexity index is 527. The lowest BCUT2D eigenvalue weighted by molar-refractivity contribution is -0.151. The first-order valence-corrected chi connectivity index (χ1v) is 8.96. The van der Waals surface area contributed by atoms with E-state index in [2.05, 4.69) is 48.2 Å². The second-order valence-electron chi connectivity index (χ2n) is 7.10. The van der Waals surface area contributed by atoms with Crippen LogP contribution in [0.1, 0.15) is 18.4 Å². The van der Waals surface area contributed by atoms with Crippen LogP contribution in [-0.2, 0) is 16.1 Å². The maximum atomic E-state index is 12.8. The fourth-order valence-electron chi connectivity index (χ4n) is 3.64. The minimum absolute atomic E-state index is 0.171. The van der Waals surface area contributed by atoms with Crippen LogP contribution in [0.15, 0.2) is 30.3 Å². The van der Waals surface area contributed by atoms with Gasteiger partial charge < -0.3 is 14.5 Å². The molecular formula is C19H29N3O2. The van der Waals surface area contributed by atoms with E-state index in [1.807, 2.05) is 11.0 Å². The first-order chi connectivity index (χ1) is 11.6. The largest absolute Gasteiger partial charge is 0.366 e. The molecule has 1 aromatic carbocycles. The monoisotopic (exact) mass is 331 g/mol. The first kappa shape index (κ1) is 17.4. The molecule has 2 heterocycles. The molecule has 2 fully saturated rings. The molecule has 2 aliphatic rings. The number of rotatable bonds is 4. The zero-order valence-corrected chi connectivity index (χ0v) is 14.9. The second kappa shape index (κ2) is 8.10. The van der Waals surface area contributed by atoms with E-state index in [9.17, 15) is 4.79 Å². The molecule has 0 bridgehead atoms. The molecule has 1 atom stereocenters. The van der Waals surface area contributed by atoms with Crippen molar-refractivity contribution in [2.24, 2.45) is 0 Å². The molecule has 0 spiro atoms. The average Bonchev–Trinajstić information content (AvgIpc) is 2.62. The number of hydrogen-bond donors (Lipinski definition) is 0. The third-order valence-corrected chi connectivity index (χ3v) is 5.18. The lowest BCUT2D eigenvalue weighted by Crippen LogP contribution is -2.53. The van der Waals surface area contributed by atoms with Crippen LogP contribution in [0.5, 0.6) is 0 Å². The van der Waals surface area contributed by atoms with Crippen molar-refractivity contribution in [2.75, 3.05) is 46.9 Å². The predicted molar refractivity (Wildman–Crippen MR) is 94.7 cm³/mol. The summed E-state index contributed by atoms with van der Waals surface area (Å²) in [5.41, 5.74) is 1.29. The van der Waals surface area contributed by atoms with Crippen LogP contribution in [0, 0.1) is 0 Å². The lowest BCUT2D eigenvalue weighted by atomic mass is 10.0. The van der Waals surface area contributed by atoms with Crippen molar-refractivity contribution in [3.05, 3.63) is 35.9 Å². The Labute approximate surface area is 145 Å². The number of morpholine rings is 1. The Hall–Kier alpha value is -1.43. The Balaban J connectivity index is 1.52. The molecule has 1 aromatic rings. The summed E-state index contributed by atoms with van der Waals surface area (Å²) in [7, 11) is 4.24. The van der Waals surface area contributed by atoms with E-state index < -0.39 is 0 Å². The van der Waals surface area contributed by atoms with Crippen LogP contribution in [0.25, 0.3) is 0 Å². The highest BCUT2D eigenvalue weighted by Gasteiger charge is 2.32. The number of amides is 1. The number of benzene rings is 1. The number of nitrogens with zero attached hydrogens (tertiary/aromatic N) is 3. The van der Waals surface area contributed by atoms with Gasteiger partial charge in [-0.25, -0.2) is 0 Å². The van der Waals surface area contributed by atoms with Gasteiger partial charge in [-0.15, -0.1) is 0 Å². The van der Waals surface area contributed by atoms with Gasteiger partial charge in [0.15, 0.2) is 0 Å². The van der Waals surface area contributed by atoms with Gasteiger partial charge in [0.1, 0.15) is 6.10 Å². The number of ether oxygens (including phenoxy) is 1. The van der Waals surface area contributed by atoms with E-state index in [1.165, 1.54) is 5.56 Å². The van der Waals surface area contributed by atoms with Crippen LogP contribution in [0.2, 0.25) is 0 Å². The summed E-state index contributed by atoms with van der Waals surface area (Å²) in [5.74, 6) is 0.171. The van der Waals surface area contributed by atoms with Gasteiger partial charge in [0, 0.05) is 38.8 Å². The minimum Gasteiger partial charge on any atom is -0.366 e. The molecule has 0 N–H and O–H groups in total. The Morgan fingerprint density at radius 2 is 1.88 bits per heavy atom. The van der Waals surface area contributed by atoms with Crippen LogP contribution < -0.4 is 0 Å². The third kappa shape index (κ3) is 4.35. The fraction of sp³-hybridized carbons (Fsp3) is 0.632. The summed E-state index contributed by atoms with van der Waals surface area (Å²) in [6, 6.07) is 11.0. The molecule has 0 aliphatic carbocycles. The summed E-state index contributed by atoms with van der Waals surface area (Å²) < 4.78 is 5.79. The molecule has 5 nitrogen and oxygen atoms in total. The molecule has 2 saturated heterocycles. The van der Waals surface area contributed by atoms with Gasteiger partial charge >= 0.3 is 0 Å². The molecule has 1 unspecified atom stereocenters. The first-order valence-electron chi connectivity index (χ1n) is 8.96. The third-order valence-electron chi connectivity index (χ3n) is 5.18. The van der Waals surface area contributed by atoms with Crippen LogP contribution >= 0.6 is 0 Å². The van der Waals surface area contributed by atoms with Gasteiger partial charge in [-0.1, -0.05) is 30.3 Å². The highest BCUT2D eigenvalue weighted by molar-refractivity contribution is 5.81. The zero-order valence-electron chi connectivity index (χ0n) is 14.9. The molecule has 2 aliphatic heterocycles. The molecule has 24 heavy (non-hydrogen) atoms. The summed E-state index contributed by atoms with van der Waals surface area (Å²) >= 11 is 0. The molecule has 0 aromatic heterocycles. The molecular weight excluding hydrogens is 302 g/mol. The number of hydrogen-bond acceptors (Lipinski definition) is 4. The summed E-state index contributed by atoms with van der Waals surface area (Å²) in [6.07, 6.45) is 1.80. The molecule has 132 valence electrons. The molecule has 0 saturated carbocycles. The molecule has 0 radical (unpaired) electrons. The van der Waals surface area contributed by atoms with Crippen molar-refractivity contribution in [1.29, 1.82) is 0 Å². The Morgan fingerprint density at radius 3 is 2.54 bits per heavy atom. The Morgan fingerprint density at radius 1 is 1.17 bits per heavy atom. The van der Waals surface area contributed by atoms with Gasteiger partial charge in [0.25, 0.3) is 5.91 Å². The van der Waals surface area contributed by atoms with Crippen molar-refractivity contribution >= 4 is 5.91 Å². The van der Waals surface area contributed by atoms with Gasteiger partial charge in [-0.05, 0) is 32.5 Å². The lowest BCUT2D eigenvalue weighted by Gasteiger charge is -2.39. The van der Waals surface area contributed by atoms with Gasteiger partial charge in [0.05, 0.1) is 6.61 Å². The average molecular weight is 331 g/mol. The smallest absolute Gasteiger partial charge is 0.253 e. The quantitative estimate of drug-likeness (QED) is 0.836. The summed E-state index contributed by atoms with van der Waals surface area (Å²) in [6.45, 7) is 4.80. The van der Waals surface area contributed by atoms with E-state index >= 15 is 0 Å². The minimum atomic E-state index is -0.307. The SMILES string of the molecule is CN(C)C1CCN(C(=O)C2CN(Cc3ccccc3)CCO2)CC1. The van der Waals surface area contributed by atoms with Crippen molar-refractivity contribution in [1.82, 2.24) is 14.7 Å². The molecule has 1 amide bonds. The predicted octanol–water partition coefficient (Wildman–Crippen LogP) is 1.44. The van der Waals surface area contributed by atoms with Crippen molar-refractivity contribution in [3.63, 3.8) is 0 Å². The van der Waals surface area contributed by atoms with Gasteiger partial charge in [0.2, 0.25) is 0 Å². The van der Waals surface area contributed by atoms with Gasteiger partial charge in [-0.2, -0.15) is 0 Å². The summed E-state index contributed by atoms with van der Waals surface area (Å²) in [4.78, 5) is 19.4. The van der Waals surface area contributed by atoms with E-state index in [0.29, 0.717) is 19.2 Å². The summed E-state index contributed by atoms with van der Waals surface area (Å²) in [5, 5.41) is 0. The van der Waals surface area contributed by atoms with E-state index in [4.69, 9.17) is 4.74 Å². The normalized spacial score (nSPS) is 23.6. The maximum Gasteiger partial charge on any atom is 0.253 e. The van der Waals surface area contributed by atoms with Crippen molar-refractivity contribution in [2.45, 2.75) is 31.5 Å². The van der Waals surface area contributed by atoms with Crippen LogP contribution in [0.4, 0.5) is 0 Å². The molecule has 3 rings (SSSR count). The van der Waals surface area contributed by atoms with Crippen LogP contribution in [-0.4, -0.2) is 79.6 Å². The number of carbonyl (C=O) groups excluding carboxylic acids is 1.